The minimum atomic E-state index is -0.113. The standard InChI is InChI=1S/C26H32N6O3/c33-25-22-7-3-4-8-23(22)28-24(29-25)19-30-9-11-32(12-10-30)26(34)27-17-20-5-1-2-6-21(20)18-31-13-15-35-16-14-31/h1-8H,9-19H2,(H,27,34)(H,28,29,33). The van der Waals surface area contributed by atoms with Gasteiger partial charge in [0.05, 0.1) is 30.7 Å². The quantitative estimate of drug-likeness (QED) is 0.563. The second kappa shape index (κ2) is 11.0. The molecule has 0 spiro atoms. The first-order chi connectivity index (χ1) is 17.2. The van der Waals surface area contributed by atoms with E-state index in [1.165, 1.54) is 5.56 Å². The number of hydrogen-bond acceptors (Lipinski definition) is 6. The number of rotatable bonds is 6. The van der Waals surface area contributed by atoms with Crippen molar-refractivity contribution >= 4 is 16.9 Å². The van der Waals surface area contributed by atoms with Gasteiger partial charge in [0.25, 0.3) is 5.56 Å². The van der Waals surface area contributed by atoms with Crippen LogP contribution in [0.1, 0.15) is 17.0 Å². The molecule has 2 amide bonds. The number of para-hydroxylation sites is 1. The zero-order valence-electron chi connectivity index (χ0n) is 19.9. The number of morpholine rings is 1. The van der Waals surface area contributed by atoms with Gasteiger partial charge in [-0.2, -0.15) is 0 Å². The van der Waals surface area contributed by atoms with Crippen LogP contribution in [0.5, 0.6) is 0 Å². The lowest BCUT2D eigenvalue weighted by Gasteiger charge is -2.34. The molecule has 9 heteroatoms. The van der Waals surface area contributed by atoms with Gasteiger partial charge in [-0.1, -0.05) is 36.4 Å². The number of H-pyrrole nitrogens is 1. The molecule has 0 unspecified atom stereocenters. The maximum Gasteiger partial charge on any atom is 0.317 e. The Hall–Kier alpha value is -3.27. The van der Waals surface area contributed by atoms with Crippen LogP contribution in [0.2, 0.25) is 0 Å². The molecule has 0 saturated carbocycles. The molecular weight excluding hydrogens is 444 g/mol. The highest BCUT2D eigenvalue weighted by Crippen LogP contribution is 2.14. The summed E-state index contributed by atoms with van der Waals surface area (Å²) in [7, 11) is 0. The van der Waals surface area contributed by atoms with Crippen LogP contribution in [-0.2, 0) is 24.4 Å². The zero-order valence-corrected chi connectivity index (χ0v) is 19.9. The largest absolute Gasteiger partial charge is 0.379 e. The van der Waals surface area contributed by atoms with Gasteiger partial charge >= 0.3 is 6.03 Å². The Morgan fingerprint density at radius 3 is 2.37 bits per heavy atom. The maximum atomic E-state index is 12.8. The number of fused-ring (bicyclic) bond motifs is 1. The van der Waals surface area contributed by atoms with E-state index in [0.717, 1.165) is 51.5 Å². The fraction of sp³-hybridized carbons (Fsp3) is 0.423. The monoisotopic (exact) mass is 476 g/mol. The van der Waals surface area contributed by atoms with Crippen molar-refractivity contribution < 1.29 is 9.53 Å². The van der Waals surface area contributed by atoms with E-state index in [4.69, 9.17) is 4.74 Å². The van der Waals surface area contributed by atoms with E-state index in [-0.39, 0.29) is 11.6 Å². The summed E-state index contributed by atoms with van der Waals surface area (Å²) < 4.78 is 5.45. The number of urea groups is 1. The number of benzene rings is 2. The van der Waals surface area contributed by atoms with E-state index in [2.05, 4.69) is 43.3 Å². The molecule has 2 fully saturated rings. The average molecular weight is 477 g/mol. The number of ether oxygens (including phenoxy) is 1. The predicted octanol–water partition coefficient (Wildman–Crippen LogP) is 1.78. The van der Waals surface area contributed by atoms with Crippen LogP contribution in [-0.4, -0.2) is 83.2 Å². The normalized spacial score (nSPS) is 17.5. The summed E-state index contributed by atoms with van der Waals surface area (Å²) in [6.07, 6.45) is 0. The van der Waals surface area contributed by atoms with Gasteiger partial charge in [-0.25, -0.2) is 9.78 Å². The van der Waals surface area contributed by atoms with Crippen LogP contribution < -0.4 is 10.9 Å². The Labute approximate surface area is 204 Å². The number of nitrogens with one attached hydrogen (secondary N) is 2. The van der Waals surface area contributed by atoms with Crippen LogP contribution in [0.25, 0.3) is 10.9 Å². The van der Waals surface area contributed by atoms with Gasteiger partial charge in [0.15, 0.2) is 0 Å². The van der Waals surface area contributed by atoms with Crippen LogP contribution in [0, 0.1) is 0 Å². The summed E-state index contributed by atoms with van der Waals surface area (Å²) in [5.41, 5.74) is 2.99. The first-order valence-corrected chi connectivity index (χ1v) is 12.3. The lowest BCUT2D eigenvalue weighted by molar-refractivity contribution is 0.0340. The lowest BCUT2D eigenvalue weighted by Crippen LogP contribution is -2.51. The van der Waals surface area contributed by atoms with E-state index in [1.807, 2.05) is 29.2 Å². The Bertz CT molecular complexity index is 1210. The Morgan fingerprint density at radius 2 is 1.57 bits per heavy atom. The van der Waals surface area contributed by atoms with Crippen molar-refractivity contribution in [2.45, 2.75) is 19.6 Å². The first kappa shape index (κ1) is 23.5. The molecule has 2 aromatic carbocycles. The van der Waals surface area contributed by atoms with Crippen molar-refractivity contribution in [2.75, 3.05) is 52.5 Å². The number of hydrogen-bond donors (Lipinski definition) is 2. The van der Waals surface area contributed by atoms with Gasteiger partial charge < -0.3 is 19.9 Å². The van der Waals surface area contributed by atoms with Crippen molar-refractivity contribution in [1.82, 2.24) is 30.0 Å². The molecule has 184 valence electrons. The van der Waals surface area contributed by atoms with Crippen molar-refractivity contribution in [1.29, 1.82) is 0 Å². The van der Waals surface area contributed by atoms with Crippen LogP contribution >= 0.6 is 0 Å². The highest BCUT2D eigenvalue weighted by atomic mass is 16.5. The van der Waals surface area contributed by atoms with Crippen LogP contribution in [0.3, 0.4) is 0 Å². The third-order valence-electron chi connectivity index (χ3n) is 6.74. The average Bonchev–Trinajstić information content (AvgIpc) is 2.89. The van der Waals surface area contributed by atoms with E-state index < -0.39 is 0 Å². The molecule has 0 atom stereocenters. The molecule has 0 aliphatic carbocycles. The number of carbonyl (C=O) groups excluding carboxylic acids is 1. The zero-order chi connectivity index (χ0) is 24.0. The minimum absolute atomic E-state index is 0.0388. The molecule has 0 radical (unpaired) electrons. The molecule has 2 N–H and O–H groups in total. The van der Waals surface area contributed by atoms with Gasteiger partial charge in [-0.15, -0.1) is 0 Å². The molecule has 3 heterocycles. The van der Waals surface area contributed by atoms with Crippen molar-refractivity contribution in [3.8, 4) is 0 Å². The topological polar surface area (TPSA) is 93.8 Å². The maximum absolute atomic E-state index is 12.8. The lowest BCUT2D eigenvalue weighted by atomic mass is 10.1. The Balaban J connectivity index is 1.12. The van der Waals surface area contributed by atoms with Gasteiger partial charge in [0, 0.05) is 52.4 Å². The predicted molar refractivity (Wildman–Crippen MR) is 134 cm³/mol. The summed E-state index contributed by atoms with van der Waals surface area (Å²) >= 11 is 0. The number of aromatic amines is 1. The highest BCUT2D eigenvalue weighted by molar-refractivity contribution is 5.77. The molecule has 5 rings (SSSR count). The van der Waals surface area contributed by atoms with E-state index in [0.29, 0.717) is 42.9 Å². The fourth-order valence-corrected chi connectivity index (χ4v) is 4.70. The molecule has 2 aliphatic heterocycles. The summed E-state index contributed by atoms with van der Waals surface area (Å²) in [6, 6.07) is 15.6. The summed E-state index contributed by atoms with van der Waals surface area (Å²) in [4.78, 5) is 39.1. The van der Waals surface area contributed by atoms with Gasteiger partial charge in [-0.05, 0) is 23.3 Å². The Morgan fingerprint density at radius 1 is 0.886 bits per heavy atom. The molecule has 1 aromatic heterocycles. The molecule has 0 bridgehead atoms. The van der Waals surface area contributed by atoms with E-state index >= 15 is 0 Å². The van der Waals surface area contributed by atoms with Crippen LogP contribution in [0.4, 0.5) is 4.79 Å². The third kappa shape index (κ3) is 5.87. The first-order valence-electron chi connectivity index (χ1n) is 12.3. The van der Waals surface area contributed by atoms with Gasteiger partial charge in [0.1, 0.15) is 5.82 Å². The molecule has 9 nitrogen and oxygen atoms in total. The fourth-order valence-electron chi connectivity index (χ4n) is 4.70. The summed E-state index contributed by atoms with van der Waals surface area (Å²) in [5, 5.41) is 3.71. The molecule has 3 aromatic rings. The minimum Gasteiger partial charge on any atom is -0.379 e. The highest BCUT2D eigenvalue weighted by Gasteiger charge is 2.22. The SMILES string of the molecule is O=C(NCc1ccccc1CN1CCOCC1)N1CCN(Cc2nc3ccccc3c(=O)[nH]2)CC1. The number of piperazine rings is 1. The second-order valence-corrected chi connectivity index (χ2v) is 9.11. The number of carbonyl (C=O) groups is 1. The van der Waals surface area contributed by atoms with Crippen molar-refractivity contribution in [3.05, 3.63) is 75.8 Å². The van der Waals surface area contributed by atoms with E-state index in [9.17, 15) is 9.59 Å². The number of amides is 2. The smallest absolute Gasteiger partial charge is 0.317 e. The number of aromatic nitrogens is 2. The number of nitrogens with zero attached hydrogens (tertiary/aromatic N) is 4. The molecular formula is C26H32N6O3. The van der Waals surface area contributed by atoms with E-state index in [1.54, 1.807) is 6.07 Å². The summed E-state index contributed by atoms with van der Waals surface area (Å²) in [6.45, 7) is 8.12. The molecule has 2 aliphatic rings. The van der Waals surface area contributed by atoms with Crippen molar-refractivity contribution in [3.63, 3.8) is 0 Å². The van der Waals surface area contributed by atoms with Crippen LogP contribution in [0.15, 0.2) is 53.3 Å². The van der Waals surface area contributed by atoms with Crippen molar-refractivity contribution in [2.24, 2.45) is 0 Å². The Kier molecular flexibility index (Phi) is 7.37. The van der Waals surface area contributed by atoms with Gasteiger partial charge in [0.2, 0.25) is 0 Å². The second-order valence-electron chi connectivity index (χ2n) is 9.11. The third-order valence-corrected chi connectivity index (χ3v) is 6.74. The molecule has 2 saturated heterocycles. The summed E-state index contributed by atoms with van der Waals surface area (Å²) in [5.74, 6) is 0.656. The molecule has 35 heavy (non-hydrogen) atoms. The van der Waals surface area contributed by atoms with Gasteiger partial charge in [-0.3, -0.25) is 14.6 Å².